The minimum atomic E-state index is -0.619. The minimum absolute atomic E-state index is 0.0252. The summed E-state index contributed by atoms with van der Waals surface area (Å²) in [6, 6.07) is 7.56. The largest absolute Gasteiger partial charge is 0.491 e. The predicted molar refractivity (Wildman–Crippen MR) is 71.6 cm³/mol. The van der Waals surface area contributed by atoms with Crippen molar-refractivity contribution in [1.82, 2.24) is 0 Å². The zero-order valence-corrected chi connectivity index (χ0v) is 11.3. The van der Waals surface area contributed by atoms with Crippen molar-refractivity contribution in [3.05, 3.63) is 29.8 Å². The van der Waals surface area contributed by atoms with Gasteiger partial charge in [0.25, 0.3) is 0 Å². The van der Waals surface area contributed by atoms with Crippen LogP contribution in [0.15, 0.2) is 24.3 Å². The number of benzene rings is 1. The van der Waals surface area contributed by atoms with Gasteiger partial charge in [-0.2, -0.15) is 0 Å². The van der Waals surface area contributed by atoms with Crippen molar-refractivity contribution in [2.45, 2.75) is 39.0 Å². The Bertz CT molecular complexity index is 353. The maximum Gasteiger partial charge on any atom is 0.119 e. The predicted octanol–water partition coefficient (Wildman–Crippen LogP) is 1.87. The van der Waals surface area contributed by atoms with E-state index in [0.29, 0.717) is 5.75 Å². The highest BCUT2D eigenvalue weighted by atomic mass is 16.5. The van der Waals surface area contributed by atoms with Gasteiger partial charge in [-0.05, 0) is 38.5 Å². The van der Waals surface area contributed by atoms with Crippen LogP contribution in [0.5, 0.6) is 5.75 Å². The summed E-state index contributed by atoms with van der Waals surface area (Å²) in [5, 5.41) is 9.66. The van der Waals surface area contributed by atoms with Gasteiger partial charge in [-0.1, -0.05) is 12.1 Å². The highest BCUT2D eigenvalue weighted by Crippen LogP contribution is 2.17. The Morgan fingerprint density at radius 3 is 2.56 bits per heavy atom. The number of nitrogens with two attached hydrogens (primary N) is 1. The smallest absolute Gasteiger partial charge is 0.119 e. The molecular weight excluding hydrogens is 230 g/mol. The maximum atomic E-state index is 9.66. The van der Waals surface area contributed by atoms with Gasteiger partial charge in [-0.15, -0.1) is 0 Å². The first kappa shape index (κ1) is 15.0. The van der Waals surface area contributed by atoms with E-state index in [1.807, 2.05) is 45.0 Å². The molecule has 1 aromatic rings. The van der Waals surface area contributed by atoms with Crippen LogP contribution < -0.4 is 10.5 Å². The summed E-state index contributed by atoms with van der Waals surface area (Å²) in [5.74, 6) is 0.716. The van der Waals surface area contributed by atoms with Gasteiger partial charge in [-0.3, -0.25) is 0 Å². The van der Waals surface area contributed by atoms with Gasteiger partial charge >= 0.3 is 0 Å². The Morgan fingerprint density at radius 2 is 1.94 bits per heavy atom. The first-order chi connectivity index (χ1) is 8.49. The molecule has 2 atom stereocenters. The molecule has 0 saturated heterocycles. The quantitative estimate of drug-likeness (QED) is 0.778. The third-order valence-electron chi connectivity index (χ3n) is 2.45. The highest BCUT2D eigenvalue weighted by molar-refractivity contribution is 5.30. The fraction of sp³-hybridized carbons (Fsp3) is 0.571. The van der Waals surface area contributed by atoms with Crippen molar-refractivity contribution >= 4 is 0 Å². The van der Waals surface area contributed by atoms with E-state index in [9.17, 15) is 5.11 Å². The summed E-state index contributed by atoms with van der Waals surface area (Å²) >= 11 is 0. The lowest BCUT2D eigenvalue weighted by molar-refractivity contribution is -0.0122. The molecule has 0 aliphatic heterocycles. The molecule has 0 spiro atoms. The van der Waals surface area contributed by atoms with Crippen molar-refractivity contribution < 1.29 is 14.6 Å². The normalized spacial score (nSPS) is 14.6. The molecule has 0 fully saturated rings. The van der Waals surface area contributed by atoms with E-state index in [-0.39, 0.29) is 25.4 Å². The number of ether oxygens (including phenoxy) is 2. The van der Waals surface area contributed by atoms with Crippen LogP contribution in [0.2, 0.25) is 0 Å². The molecule has 0 saturated carbocycles. The molecule has 18 heavy (non-hydrogen) atoms. The third-order valence-corrected chi connectivity index (χ3v) is 2.45. The van der Waals surface area contributed by atoms with E-state index < -0.39 is 6.10 Å². The second kappa shape index (κ2) is 7.36. The Kier molecular flexibility index (Phi) is 6.12. The Balaban J connectivity index is 2.40. The average Bonchev–Trinajstić information content (AvgIpc) is 2.34. The Labute approximate surface area is 109 Å². The Morgan fingerprint density at radius 1 is 1.22 bits per heavy atom. The fourth-order valence-corrected chi connectivity index (χ4v) is 1.43. The lowest BCUT2D eigenvalue weighted by atomic mass is 10.1. The van der Waals surface area contributed by atoms with Gasteiger partial charge in [-0.25, -0.2) is 0 Å². The number of aliphatic hydroxyl groups excluding tert-OH is 1. The van der Waals surface area contributed by atoms with Crippen molar-refractivity contribution in [1.29, 1.82) is 0 Å². The molecule has 4 nitrogen and oxygen atoms in total. The molecule has 0 aliphatic rings. The van der Waals surface area contributed by atoms with Gasteiger partial charge in [0.15, 0.2) is 0 Å². The van der Waals surface area contributed by atoms with Gasteiger partial charge < -0.3 is 20.3 Å². The molecule has 0 aliphatic carbocycles. The molecular formula is C14H23NO3. The van der Waals surface area contributed by atoms with E-state index in [0.717, 1.165) is 5.56 Å². The van der Waals surface area contributed by atoms with Crippen LogP contribution in [0.25, 0.3) is 0 Å². The molecule has 0 heterocycles. The summed E-state index contributed by atoms with van der Waals surface area (Å²) in [6.07, 6.45) is -0.507. The van der Waals surface area contributed by atoms with Gasteiger partial charge in [0.2, 0.25) is 0 Å². The number of aliphatic hydroxyl groups is 1. The van der Waals surface area contributed by atoms with Crippen LogP contribution in [-0.4, -0.2) is 30.5 Å². The molecule has 2 unspecified atom stereocenters. The summed E-state index contributed by atoms with van der Waals surface area (Å²) in [4.78, 5) is 0. The van der Waals surface area contributed by atoms with Gasteiger partial charge in [0.05, 0.1) is 12.7 Å². The van der Waals surface area contributed by atoms with E-state index in [1.54, 1.807) is 0 Å². The fourth-order valence-electron chi connectivity index (χ4n) is 1.43. The standard InChI is InChI=1S/C14H23NO3/c1-10(2)17-8-13(16)9-18-14-6-4-5-12(7-14)11(3)15/h4-7,10-11,13,16H,8-9,15H2,1-3H3. The summed E-state index contributed by atoms with van der Waals surface area (Å²) in [6.45, 7) is 6.28. The molecule has 0 radical (unpaired) electrons. The lowest BCUT2D eigenvalue weighted by Crippen LogP contribution is -2.25. The van der Waals surface area contributed by atoms with E-state index >= 15 is 0 Å². The van der Waals surface area contributed by atoms with Crippen molar-refractivity contribution in [2.75, 3.05) is 13.2 Å². The summed E-state index contributed by atoms with van der Waals surface area (Å²) < 4.78 is 10.8. The summed E-state index contributed by atoms with van der Waals surface area (Å²) in [7, 11) is 0. The van der Waals surface area contributed by atoms with Crippen LogP contribution in [-0.2, 0) is 4.74 Å². The van der Waals surface area contributed by atoms with Crippen LogP contribution in [0, 0.1) is 0 Å². The minimum Gasteiger partial charge on any atom is -0.491 e. The maximum absolute atomic E-state index is 9.66. The van der Waals surface area contributed by atoms with Crippen LogP contribution in [0.3, 0.4) is 0 Å². The first-order valence-electron chi connectivity index (χ1n) is 6.27. The number of hydrogen-bond donors (Lipinski definition) is 2. The Hall–Kier alpha value is -1.10. The molecule has 1 rings (SSSR count). The monoisotopic (exact) mass is 253 g/mol. The SMILES string of the molecule is CC(C)OCC(O)COc1cccc(C(C)N)c1. The van der Waals surface area contributed by atoms with E-state index in [2.05, 4.69) is 0 Å². The zero-order valence-electron chi connectivity index (χ0n) is 11.3. The highest BCUT2D eigenvalue weighted by Gasteiger charge is 2.07. The number of hydrogen-bond acceptors (Lipinski definition) is 4. The van der Waals surface area contributed by atoms with Crippen LogP contribution in [0.1, 0.15) is 32.4 Å². The topological polar surface area (TPSA) is 64.7 Å². The zero-order chi connectivity index (χ0) is 13.5. The van der Waals surface area contributed by atoms with Crippen molar-refractivity contribution in [3.63, 3.8) is 0 Å². The van der Waals surface area contributed by atoms with Gasteiger partial charge in [0.1, 0.15) is 18.5 Å². The molecule has 3 N–H and O–H groups in total. The van der Waals surface area contributed by atoms with Crippen LogP contribution in [0.4, 0.5) is 0 Å². The van der Waals surface area contributed by atoms with Crippen molar-refractivity contribution in [2.24, 2.45) is 5.73 Å². The lowest BCUT2D eigenvalue weighted by Gasteiger charge is -2.15. The molecule has 0 bridgehead atoms. The second-order valence-electron chi connectivity index (χ2n) is 4.71. The molecule has 0 aromatic heterocycles. The third kappa shape index (κ3) is 5.49. The molecule has 4 heteroatoms. The van der Waals surface area contributed by atoms with Crippen LogP contribution >= 0.6 is 0 Å². The van der Waals surface area contributed by atoms with E-state index in [4.69, 9.17) is 15.2 Å². The van der Waals surface area contributed by atoms with E-state index in [1.165, 1.54) is 0 Å². The van der Waals surface area contributed by atoms with Gasteiger partial charge in [0, 0.05) is 6.04 Å². The number of rotatable bonds is 7. The van der Waals surface area contributed by atoms with Crippen molar-refractivity contribution in [3.8, 4) is 5.75 Å². The first-order valence-corrected chi connectivity index (χ1v) is 6.27. The average molecular weight is 253 g/mol. The summed E-state index contributed by atoms with van der Waals surface area (Å²) in [5.41, 5.74) is 6.81. The molecule has 1 aromatic carbocycles. The second-order valence-corrected chi connectivity index (χ2v) is 4.71. The molecule has 102 valence electrons. The molecule has 0 amide bonds.